The number of hydrogen-bond acceptors (Lipinski definition) is 3. The maximum absolute atomic E-state index is 9.73. The zero-order valence-electron chi connectivity index (χ0n) is 9.98. The fraction of sp³-hybridized carbons (Fsp3) is 0.714. The Morgan fingerprint density at radius 2 is 1.65 bits per heavy atom. The molecule has 0 aromatic carbocycles. The summed E-state index contributed by atoms with van der Waals surface area (Å²) in [6.45, 7) is 0. The smallest absolute Gasteiger partial charge is 0.149 e. The van der Waals surface area contributed by atoms with E-state index in [0.717, 1.165) is 17.8 Å². The zero-order chi connectivity index (χ0) is 11.6. The Bertz CT molecular complexity index is 410. The lowest BCUT2D eigenvalue weighted by Gasteiger charge is -2.56. The first kappa shape index (κ1) is 10.2. The van der Waals surface area contributed by atoms with E-state index in [9.17, 15) is 5.11 Å². The zero-order valence-corrected chi connectivity index (χ0v) is 10.8. The molecule has 2 nitrogen and oxygen atoms in total. The molecule has 17 heavy (non-hydrogen) atoms. The Balaban J connectivity index is 1.77. The Kier molecular flexibility index (Phi) is 1.92. The molecular weight excluding hydrogens is 230 g/mol. The molecule has 1 aromatic rings. The fourth-order valence-corrected chi connectivity index (χ4v) is 6.11. The Morgan fingerprint density at radius 1 is 1.12 bits per heavy atom. The van der Waals surface area contributed by atoms with Crippen LogP contribution >= 0.6 is 11.3 Å². The summed E-state index contributed by atoms with van der Waals surface area (Å²) in [5, 5.41) is 10.3. The van der Waals surface area contributed by atoms with Crippen LogP contribution in [-0.4, -0.2) is 5.11 Å². The number of nitrogens with two attached hydrogens (primary N) is 1. The van der Waals surface area contributed by atoms with Gasteiger partial charge in [-0.25, -0.2) is 0 Å². The molecule has 4 aliphatic carbocycles. The van der Waals surface area contributed by atoms with Crippen LogP contribution in [0.5, 0.6) is 5.75 Å². The van der Waals surface area contributed by atoms with E-state index in [1.165, 1.54) is 43.4 Å². The number of rotatable bonds is 1. The van der Waals surface area contributed by atoms with Gasteiger partial charge in [-0.15, -0.1) is 11.3 Å². The van der Waals surface area contributed by atoms with Gasteiger partial charge in [-0.2, -0.15) is 0 Å². The third-order valence-corrected chi connectivity index (χ3v) is 6.50. The number of anilines is 1. The minimum Gasteiger partial charge on any atom is -0.505 e. The lowest BCUT2D eigenvalue weighted by atomic mass is 9.49. The van der Waals surface area contributed by atoms with Crippen molar-refractivity contribution in [1.29, 1.82) is 0 Å². The van der Waals surface area contributed by atoms with Gasteiger partial charge in [0.1, 0.15) is 10.8 Å². The number of aromatic hydroxyl groups is 1. The predicted molar refractivity (Wildman–Crippen MR) is 70.2 cm³/mol. The molecule has 4 bridgehead atoms. The summed E-state index contributed by atoms with van der Waals surface area (Å²) in [5.41, 5.74) is 6.21. The molecule has 0 aliphatic heterocycles. The van der Waals surface area contributed by atoms with E-state index in [4.69, 9.17) is 5.73 Å². The topological polar surface area (TPSA) is 46.2 Å². The van der Waals surface area contributed by atoms with Crippen molar-refractivity contribution >= 4 is 16.3 Å². The predicted octanol–water partition coefficient (Wildman–Crippen LogP) is 3.50. The quantitative estimate of drug-likeness (QED) is 0.800. The van der Waals surface area contributed by atoms with Crippen molar-refractivity contribution in [3.8, 4) is 5.75 Å². The maximum Gasteiger partial charge on any atom is 0.149 e. The highest BCUT2D eigenvalue weighted by Gasteiger charge is 2.52. The summed E-state index contributed by atoms with van der Waals surface area (Å²) in [7, 11) is 0. The standard InChI is InChI=1S/C14H19NOS/c15-13-11(16)4-12(17-13)14-5-8-1-9(6-14)3-10(2-8)7-14/h4,8-10,16H,1-3,5-7,15H2. The molecule has 0 spiro atoms. The first-order valence-corrected chi connectivity index (χ1v) is 7.55. The summed E-state index contributed by atoms with van der Waals surface area (Å²) in [4.78, 5) is 1.37. The molecule has 4 fully saturated rings. The number of thiophene rings is 1. The minimum absolute atomic E-state index is 0.306. The van der Waals surface area contributed by atoms with E-state index in [2.05, 4.69) is 0 Å². The second-order valence-electron chi connectivity index (χ2n) is 6.56. The number of nitrogen functional groups attached to an aromatic ring is 1. The third-order valence-electron chi connectivity index (χ3n) is 5.30. The first-order valence-electron chi connectivity index (χ1n) is 6.73. The van der Waals surface area contributed by atoms with Gasteiger partial charge in [0.2, 0.25) is 0 Å². The molecule has 0 amide bonds. The highest BCUT2D eigenvalue weighted by Crippen LogP contribution is 2.62. The van der Waals surface area contributed by atoms with Crippen LogP contribution in [-0.2, 0) is 5.41 Å². The van der Waals surface area contributed by atoms with Gasteiger partial charge >= 0.3 is 0 Å². The second-order valence-corrected chi connectivity index (χ2v) is 7.64. The van der Waals surface area contributed by atoms with E-state index in [-0.39, 0.29) is 0 Å². The average molecular weight is 249 g/mol. The van der Waals surface area contributed by atoms with Crippen molar-refractivity contribution in [2.24, 2.45) is 17.8 Å². The van der Waals surface area contributed by atoms with Crippen LogP contribution < -0.4 is 5.73 Å². The van der Waals surface area contributed by atoms with Crippen molar-refractivity contribution < 1.29 is 5.11 Å². The van der Waals surface area contributed by atoms with E-state index in [1.54, 1.807) is 11.3 Å². The molecule has 1 heterocycles. The largest absolute Gasteiger partial charge is 0.505 e. The molecule has 0 atom stereocenters. The van der Waals surface area contributed by atoms with Gasteiger partial charge in [0.15, 0.2) is 0 Å². The molecule has 0 saturated heterocycles. The summed E-state index contributed by atoms with van der Waals surface area (Å²) < 4.78 is 0. The van der Waals surface area contributed by atoms with Gasteiger partial charge in [0, 0.05) is 10.3 Å². The van der Waals surface area contributed by atoms with Crippen LogP contribution in [0.25, 0.3) is 0 Å². The highest BCUT2D eigenvalue weighted by atomic mass is 32.1. The van der Waals surface area contributed by atoms with Crippen LogP contribution in [0, 0.1) is 17.8 Å². The average Bonchev–Trinajstić information content (AvgIpc) is 2.58. The molecule has 3 heteroatoms. The normalized spacial score (nSPS) is 43.2. The highest BCUT2D eigenvalue weighted by molar-refractivity contribution is 7.16. The second kappa shape index (κ2) is 3.19. The molecule has 0 radical (unpaired) electrons. The molecule has 4 aliphatic rings. The van der Waals surface area contributed by atoms with E-state index >= 15 is 0 Å². The van der Waals surface area contributed by atoms with Crippen LogP contribution in [0.1, 0.15) is 43.4 Å². The summed E-state index contributed by atoms with van der Waals surface area (Å²) >= 11 is 1.63. The van der Waals surface area contributed by atoms with Crippen molar-refractivity contribution in [2.45, 2.75) is 43.9 Å². The van der Waals surface area contributed by atoms with E-state index in [0.29, 0.717) is 16.2 Å². The fourth-order valence-electron chi connectivity index (χ4n) is 5.07. The molecule has 0 unspecified atom stereocenters. The van der Waals surface area contributed by atoms with Gasteiger partial charge in [0.25, 0.3) is 0 Å². The van der Waals surface area contributed by atoms with Crippen LogP contribution in [0.15, 0.2) is 6.07 Å². The van der Waals surface area contributed by atoms with Crippen molar-refractivity contribution in [2.75, 3.05) is 5.73 Å². The van der Waals surface area contributed by atoms with Crippen molar-refractivity contribution in [3.63, 3.8) is 0 Å². The molecule has 1 aromatic heterocycles. The van der Waals surface area contributed by atoms with Gasteiger partial charge in [-0.1, -0.05) is 0 Å². The van der Waals surface area contributed by atoms with Crippen molar-refractivity contribution in [3.05, 3.63) is 10.9 Å². The Morgan fingerprint density at radius 3 is 2.06 bits per heavy atom. The molecule has 3 N–H and O–H groups in total. The minimum atomic E-state index is 0.306. The van der Waals surface area contributed by atoms with Crippen LogP contribution in [0.2, 0.25) is 0 Å². The molecule has 92 valence electrons. The first-order chi connectivity index (χ1) is 8.14. The Labute approximate surface area is 106 Å². The summed E-state index contributed by atoms with van der Waals surface area (Å²) in [6, 6.07) is 1.95. The monoisotopic (exact) mass is 249 g/mol. The third kappa shape index (κ3) is 1.38. The lowest BCUT2D eigenvalue weighted by molar-refractivity contribution is -0.00352. The Hall–Kier alpha value is -0.700. The van der Waals surface area contributed by atoms with Gasteiger partial charge in [-0.3, -0.25) is 0 Å². The van der Waals surface area contributed by atoms with E-state index < -0.39 is 0 Å². The lowest BCUT2D eigenvalue weighted by Crippen LogP contribution is -2.48. The van der Waals surface area contributed by atoms with Crippen molar-refractivity contribution in [1.82, 2.24) is 0 Å². The molecule has 5 rings (SSSR count). The van der Waals surface area contributed by atoms with Gasteiger partial charge < -0.3 is 10.8 Å². The molecule has 4 saturated carbocycles. The summed E-state index contributed by atoms with van der Waals surface area (Å²) in [5.74, 6) is 3.16. The van der Waals surface area contributed by atoms with Gasteiger partial charge in [0.05, 0.1) is 0 Å². The van der Waals surface area contributed by atoms with E-state index in [1.807, 2.05) is 6.07 Å². The molecular formula is C14H19NOS. The SMILES string of the molecule is Nc1sc(C23CC4CC(CC(C4)C2)C3)cc1O. The van der Waals surface area contributed by atoms with Crippen LogP contribution in [0.4, 0.5) is 5.00 Å². The van der Waals surface area contributed by atoms with Gasteiger partial charge in [-0.05, 0) is 62.3 Å². The van der Waals surface area contributed by atoms with Crippen LogP contribution in [0.3, 0.4) is 0 Å². The summed E-state index contributed by atoms with van der Waals surface area (Å²) in [6.07, 6.45) is 8.43. The maximum atomic E-state index is 9.73. The number of hydrogen-bond donors (Lipinski definition) is 2.